The van der Waals surface area contributed by atoms with Gasteiger partial charge in [-0.15, -0.1) is 0 Å². The number of oxazole rings is 1. The van der Waals surface area contributed by atoms with E-state index in [4.69, 9.17) is 33.6 Å². The normalized spacial score (nSPS) is 11.4. The summed E-state index contributed by atoms with van der Waals surface area (Å²) in [5.74, 6) is 0.536. The van der Waals surface area contributed by atoms with Crippen molar-refractivity contribution < 1.29 is 4.42 Å². The molecule has 5 rings (SSSR count). The first-order valence-corrected chi connectivity index (χ1v) is 12.8. The van der Waals surface area contributed by atoms with E-state index in [9.17, 15) is 0 Å². The Kier molecular flexibility index (Phi) is 5.89. The van der Waals surface area contributed by atoms with Gasteiger partial charge in [-0.05, 0) is 60.7 Å². The summed E-state index contributed by atoms with van der Waals surface area (Å²) in [6, 6.07) is 39.2. The molecule has 4 aromatic carbocycles. The zero-order valence-electron chi connectivity index (χ0n) is 17.1. The monoisotopic (exact) mass is 472 g/mol. The molecule has 0 saturated heterocycles. The molecule has 2 nitrogen and oxygen atoms in total. The molecule has 0 aliphatic carbocycles. The Morgan fingerprint density at radius 1 is 0.625 bits per heavy atom. The standard InChI is InChI=1S/C27H19ClNOPS/c28-21-18-16-20(17-19-21)25-29-26(27(32)30-25)31(22-10-4-1-5-11-22,23-12-6-2-7-13-23)24-14-8-3-9-15-24/h1-19H/p+1. The van der Waals surface area contributed by atoms with Crippen molar-refractivity contribution in [3.63, 3.8) is 0 Å². The van der Waals surface area contributed by atoms with Gasteiger partial charge in [0, 0.05) is 10.6 Å². The van der Waals surface area contributed by atoms with Crippen molar-refractivity contribution >= 4 is 52.8 Å². The lowest BCUT2D eigenvalue weighted by molar-refractivity contribution is 0.489. The van der Waals surface area contributed by atoms with Gasteiger partial charge >= 0.3 is 0 Å². The molecular weight excluding hydrogens is 453 g/mol. The first kappa shape index (κ1) is 21.0. The molecule has 5 aromatic rings. The third-order valence-electron chi connectivity index (χ3n) is 5.43. The largest absolute Gasteiger partial charge is 0.426 e. The van der Waals surface area contributed by atoms with Gasteiger partial charge in [0.2, 0.25) is 11.0 Å². The Morgan fingerprint density at radius 2 is 1.06 bits per heavy atom. The number of hydrogen-bond donors (Lipinski definition) is 1. The lowest BCUT2D eigenvalue weighted by atomic mass is 10.2. The maximum atomic E-state index is 6.15. The van der Waals surface area contributed by atoms with Crippen molar-refractivity contribution in [2.45, 2.75) is 5.09 Å². The highest BCUT2D eigenvalue weighted by atomic mass is 35.5. The maximum absolute atomic E-state index is 6.15. The van der Waals surface area contributed by atoms with Gasteiger partial charge in [-0.2, -0.15) is 4.98 Å². The Morgan fingerprint density at radius 3 is 1.50 bits per heavy atom. The number of halogens is 1. The fourth-order valence-electron chi connectivity index (χ4n) is 4.01. The van der Waals surface area contributed by atoms with Crippen LogP contribution in [0.15, 0.2) is 125 Å². The lowest BCUT2D eigenvalue weighted by Gasteiger charge is -2.25. The van der Waals surface area contributed by atoms with Gasteiger partial charge in [0.25, 0.3) is 5.44 Å². The highest BCUT2D eigenvalue weighted by Gasteiger charge is 2.52. The molecular formula is C27H20ClNOPS+. The second-order valence-electron chi connectivity index (χ2n) is 7.33. The van der Waals surface area contributed by atoms with Gasteiger partial charge < -0.3 is 4.42 Å². The van der Waals surface area contributed by atoms with Gasteiger partial charge in [-0.1, -0.05) is 78.8 Å². The van der Waals surface area contributed by atoms with Crippen molar-refractivity contribution in [3.8, 4) is 11.5 Å². The minimum absolute atomic E-state index is 0.528. The summed E-state index contributed by atoms with van der Waals surface area (Å²) in [5.41, 5.74) is 1.72. The van der Waals surface area contributed by atoms with Crippen LogP contribution < -0.4 is 21.3 Å². The summed E-state index contributed by atoms with van der Waals surface area (Å²) in [4.78, 5) is 5.07. The SMILES string of the molecule is Sc1oc(-c2ccc(Cl)cc2)nc1[P+](c1ccccc1)(c1ccccc1)c1ccccc1. The minimum atomic E-state index is -2.36. The van der Waals surface area contributed by atoms with Crippen molar-refractivity contribution in [1.29, 1.82) is 0 Å². The van der Waals surface area contributed by atoms with Crippen LogP contribution in [-0.4, -0.2) is 4.98 Å². The molecule has 0 fully saturated rings. The van der Waals surface area contributed by atoms with Crippen LogP contribution in [0.3, 0.4) is 0 Å². The average Bonchev–Trinajstić information content (AvgIpc) is 3.24. The number of thiol groups is 1. The summed E-state index contributed by atoms with van der Waals surface area (Å²) >= 11 is 10.9. The molecule has 0 saturated carbocycles. The number of benzene rings is 4. The topological polar surface area (TPSA) is 26.0 Å². The zero-order chi connectivity index (χ0) is 22.0. The quantitative estimate of drug-likeness (QED) is 0.254. The van der Waals surface area contributed by atoms with Crippen LogP contribution in [0.2, 0.25) is 5.02 Å². The van der Waals surface area contributed by atoms with Crippen LogP contribution in [0.25, 0.3) is 11.5 Å². The Balaban J connectivity index is 1.84. The smallest absolute Gasteiger partial charge is 0.250 e. The molecule has 0 N–H and O–H groups in total. The molecule has 32 heavy (non-hydrogen) atoms. The Labute approximate surface area is 198 Å². The average molecular weight is 473 g/mol. The third-order valence-corrected chi connectivity index (χ3v) is 10.3. The van der Waals surface area contributed by atoms with Crippen molar-refractivity contribution in [2.24, 2.45) is 0 Å². The molecule has 0 bridgehead atoms. The van der Waals surface area contributed by atoms with E-state index in [0.29, 0.717) is 16.0 Å². The molecule has 0 spiro atoms. The molecule has 1 heterocycles. The van der Waals surface area contributed by atoms with Crippen LogP contribution >= 0.6 is 31.5 Å². The summed E-state index contributed by atoms with van der Waals surface area (Å²) < 4.78 is 6.15. The van der Waals surface area contributed by atoms with Crippen molar-refractivity contribution in [1.82, 2.24) is 4.98 Å². The van der Waals surface area contributed by atoms with Crippen LogP contribution in [0.5, 0.6) is 0 Å². The summed E-state index contributed by atoms with van der Waals surface area (Å²) in [6.07, 6.45) is 0. The highest BCUT2D eigenvalue weighted by molar-refractivity contribution is 8.02. The molecule has 156 valence electrons. The van der Waals surface area contributed by atoms with E-state index in [0.717, 1.165) is 11.0 Å². The van der Waals surface area contributed by atoms with Crippen molar-refractivity contribution in [2.75, 3.05) is 0 Å². The van der Waals surface area contributed by atoms with Crippen LogP contribution in [0.4, 0.5) is 0 Å². The van der Waals surface area contributed by atoms with Crippen LogP contribution in [0, 0.1) is 0 Å². The Bertz CT molecular complexity index is 1230. The second-order valence-corrected chi connectivity index (χ2v) is 11.5. The fraction of sp³-hybridized carbons (Fsp3) is 0. The highest BCUT2D eigenvalue weighted by Crippen LogP contribution is 2.55. The zero-order valence-corrected chi connectivity index (χ0v) is 19.6. The van der Waals surface area contributed by atoms with Crippen LogP contribution in [-0.2, 0) is 0 Å². The molecule has 0 atom stereocenters. The number of hydrogen-bond acceptors (Lipinski definition) is 3. The predicted molar refractivity (Wildman–Crippen MR) is 139 cm³/mol. The van der Waals surface area contributed by atoms with Crippen molar-refractivity contribution in [3.05, 3.63) is 120 Å². The maximum Gasteiger partial charge on any atom is 0.250 e. The second kappa shape index (κ2) is 8.96. The first-order valence-electron chi connectivity index (χ1n) is 10.2. The summed E-state index contributed by atoms with van der Waals surface area (Å²) in [7, 11) is -2.36. The molecule has 1 aromatic heterocycles. The molecule has 0 aliphatic rings. The van der Waals surface area contributed by atoms with E-state index in [1.165, 1.54) is 15.9 Å². The van der Waals surface area contributed by atoms with Gasteiger partial charge in [-0.3, -0.25) is 0 Å². The van der Waals surface area contributed by atoms with E-state index >= 15 is 0 Å². The van der Waals surface area contributed by atoms with E-state index in [1.807, 2.05) is 42.5 Å². The summed E-state index contributed by atoms with van der Waals surface area (Å²) in [6.45, 7) is 0. The van der Waals surface area contributed by atoms with E-state index in [1.54, 1.807) is 0 Å². The van der Waals surface area contributed by atoms with E-state index in [2.05, 4.69) is 72.8 Å². The molecule has 0 unspecified atom stereocenters. The van der Waals surface area contributed by atoms with Gasteiger partial charge in [0.15, 0.2) is 7.26 Å². The molecule has 0 aliphatic heterocycles. The fourth-order valence-corrected chi connectivity index (χ4v) is 8.78. The van der Waals surface area contributed by atoms with Gasteiger partial charge in [-0.25, -0.2) is 0 Å². The number of aromatic nitrogens is 1. The van der Waals surface area contributed by atoms with E-state index < -0.39 is 7.26 Å². The van der Waals surface area contributed by atoms with Crippen LogP contribution in [0.1, 0.15) is 0 Å². The third kappa shape index (κ3) is 3.67. The molecule has 5 heteroatoms. The number of nitrogens with zero attached hydrogens (tertiary/aromatic N) is 1. The Hall–Kier alpha value is -2.84. The van der Waals surface area contributed by atoms with Gasteiger partial charge in [0.1, 0.15) is 15.9 Å². The van der Waals surface area contributed by atoms with E-state index in [-0.39, 0.29) is 0 Å². The summed E-state index contributed by atoms with van der Waals surface area (Å²) in [5, 5.41) is 4.79. The van der Waals surface area contributed by atoms with Gasteiger partial charge in [0.05, 0.1) is 0 Å². The molecule has 0 radical (unpaired) electrons. The number of rotatable bonds is 5. The minimum Gasteiger partial charge on any atom is -0.426 e. The predicted octanol–water partition coefficient (Wildman–Crippen LogP) is 5.90. The first-order chi connectivity index (χ1) is 15.7. The lowest BCUT2D eigenvalue weighted by Crippen LogP contribution is -2.39. The molecule has 0 amide bonds.